The van der Waals surface area contributed by atoms with Crippen molar-refractivity contribution in [1.29, 1.82) is 0 Å². The van der Waals surface area contributed by atoms with Gasteiger partial charge in [-0.1, -0.05) is 0 Å². The highest BCUT2D eigenvalue weighted by atomic mass is 79.9. The van der Waals surface area contributed by atoms with Crippen molar-refractivity contribution in [2.45, 2.75) is 18.9 Å². The summed E-state index contributed by atoms with van der Waals surface area (Å²) in [4.78, 5) is 10.9. The fourth-order valence-corrected chi connectivity index (χ4v) is 3.39. The van der Waals surface area contributed by atoms with E-state index in [-0.39, 0.29) is 6.10 Å². The highest BCUT2D eigenvalue weighted by Crippen LogP contribution is 2.39. The minimum Gasteiger partial charge on any atom is -0.480 e. The highest BCUT2D eigenvalue weighted by molar-refractivity contribution is 9.10. The second-order valence-electron chi connectivity index (χ2n) is 5.00. The van der Waals surface area contributed by atoms with Crippen LogP contribution in [0.3, 0.4) is 0 Å². The molecule has 1 aromatic heterocycles. The number of fused-ring (bicyclic) bond motifs is 1. The number of ether oxygens (including phenoxy) is 1. The predicted molar refractivity (Wildman–Crippen MR) is 70.7 cm³/mol. The maximum Gasteiger partial charge on any atom is 0.232 e. The Kier molecular flexibility index (Phi) is 3.15. The van der Waals surface area contributed by atoms with Crippen LogP contribution in [-0.2, 0) is 0 Å². The summed E-state index contributed by atoms with van der Waals surface area (Å²) in [5.74, 6) is 2.20. The molecular formula is C12H16BrN3O2. The van der Waals surface area contributed by atoms with E-state index in [4.69, 9.17) is 4.74 Å². The number of aliphatic hydroxyl groups excluding tert-OH is 1. The van der Waals surface area contributed by atoms with Crippen molar-refractivity contribution in [2.24, 2.45) is 11.8 Å². The predicted octanol–water partition coefficient (Wildman–Crippen LogP) is 1.45. The molecule has 1 aliphatic heterocycles. The standard InChI is InChI=1S/C12H16BrN3O2/c1-18-11-9(13)4-14-12(15-11)16-5-7-2-3-10(17)8(7)6-16/h4,7-8,10,17H,2-3,5-6H2,1H3. The molecular weight excluding hydrogens is 298 g/mol. The number of hydrogen-bond acceptors (Lipinski definition) is 5. The topological polar surface area (TPSA) is 58.5 Å². The van der Waals surface area contributed by atoms with Gasteiger partial charge in [-0.2, -0.15) is 4.98 Å². The summed E-state index contributed by atoms with van der Waals surface area (Å²) < 4.78 is 5.94. The van der Waals surface area contributed by atoms with Crippen molar-refractivity contribution in [3.05, 3.63) is 10.7 Å². The number of halogens is 1. The summed E-state index contributed by atoms with van der Waals surface area (Å²) in [5.41, 5.74) is 0. The lowest BCUT2D eigenvalue weighted by Gasteiger charge is -2.18. The zero-order valence-electron chi connectivity index (χ0n) is 10.2. The van der Waals surface area contributed by atoms with E-state index >= 15 is 0 Å². The minimum atomic E-state index is -0.155. The third-order valence-electron chi connectivity index (χ3n) is 3.99. The second-order valence-corrected chi connectivity index (χ2v) is 5.86. The van der Waals surface area contributed by atoms with Crippen molar-refractivity contribution >= 4 is 21.9 Å². The zero-order valence-corrected chi connectivity index (χ0v) is 11.8. The Labute approximate surface area is 114 Å². The second kappa shape index (κ2) is 4.66. The first kappa shape index (κ1) is 12.2. The Morgan fingerprint density at radius 1 is 1.44 bits per heavy atom. The van der Waals surface area contributed by atoms with Gasteiger partial charge in [0.2, 0.25) is 11.8 Å². The third-order valence-corrected chi connectivity index (χ3v) is 4.54. The molecule has 1 saturated carbocycles. The lowest BCUT2D eigenvalue weighted by molar-refractivity contribution is 0.133. The Morgan fingerprint density at radius 3 is 3.00 bits per heavy atom. The molecule has 1 saturated heterocycles. The van der Waals surface area contributed by atoms with Crippen molar-refractivity contribution in [3.8, 4) is 5.88 Å². The highest BCUT2D eigenvalue weighted by Gasteiger charge is 2.42. The van der Waals surface area contributed by atoms with Crippen molar-refractivity contribution < 1.29 is 9.84 Å². The molecule has 1 aliphatic carbocycles. The number of nitrogens with zero attached hydrogens (tertiary/aromatic N) is 3. The van der Waals surface area contributed by atoms with Crippen molar-refractivity contribution in [3.63, 3.8) is 0 Å². The number of rotatable bonds is 2. The van der Waals surface area contributed by atoms with Gasteiger partial charge in [0.05, 0.1) is 23.9 Å². The SMILES string of the molecule is COc1nc(N2CC3CCC(O)C3C2)ncc1Br. The van der Waals surface area contributed by atoms with E-state index in [2.05, 4.69) is 30.8 Å². The van der Waals surface area contributed by atoms with Gasteiger partial charge in [-0.25, -0.2) is 4.98 Å². The van der Waals surface area contributed by atoms with Crippen LogP contribution in [0.1, 0.15) is 12.8 Å². The molecule has 18 heavy (non-hydrogen) atoms. The van der Waals surface area contributed by atoms with Gasteiger partial charge in [-0.05, 0) is 34.7 Å². The first-order chi connectivity index (χ1) is 8.69. The zero-order chi connectivity index (χ0) is 12.7. The number of anilines is 1. The molecule has 0 bridgehead atoms. The molecule has 98 valence electrons. The molecule has 3 rings (SSSR count). The van der Waals surface area contributed by atoms with Gasteiger partial charge < -0.3 is 14.7 Å². The summed E-state index contributed by atoms with van der Waals surface area (Å²) >= 11 is 3.35. The first-order valence-electron chi connectivity index (χ1n) is 6.18. The van der Waals surface area contributed by atoms with Crippen LogP contribution in [0.15, 0.2) is 10.7 Å². The minimum absolute atomic E-state index is 0.155. The molecule has 6 heteroatoms. The Balaban J connectivity index is 1.80. The summed E-state index contributed by atoms with van der Waals surface area (Å²) in [7, 11) is 1.60. The van der Waals surface area contributed by atoms with E-state index in [9.17, 15) is 5.11 Å². The quantitative estimate of drug-likeness (QED) is 0.895. The molecule has 0 amide bonds. The van der Waals surface area contributed by atoms with E-state index in [1.807, 2.05) is 0 Å². The lowest BCUT2D eigenvalue weighted by Crippen LogP contribution is -2.26. The Morgan fingerprint density at radius 2 is 2.28 bits per heavy atom. The number of hydrogen-bond donors (Lipinski definition) is 1. The third kappa shape index (κ3) is 1.97. The Bertz CT molecular complexity index is 457. The molecule has 0 aromatic carbocycles. The van der Waals surface area contributed by atoms with Gasteiger partial charge in [0.15, 0.2) is 0 Å². The fourth-order valence-electron chi connectivity index (χ4n) is 3.04. The molecule has 0 radical (unpaired) electrons. The fraction of sp³-hybridized carbons (Fsp3) is 0.667. The van der Waals surface area contributed by atoms with Crippen LogP contribution >= 0.6 is 15.9 Å². The molecule has 2 heterocycles. The van der Waals surface area contributed by atoms with Crippen LogP contribution < -0.4 is 9.64 Å². The van der Waals surface area contributed by atoms with Gasteiger partial charge in [-0.15, -0.1) is 0 Å². The van der Waals surface area contributed by atoms with Crippen LogP contribution in [-0.4, -0.2) is 41.4 Å². The molecule has 0 spiro atoms. The van der Waals surface area contributed by atoms with Gasteiger partial charge in [0, 0.05) is 19.0 Å². The maximum atomic E-state index is 9.91. The summed E-state index contributed by atoms with van der Waals surface area (Å²) in [6.07, 6.45) is 3.60. The monoisotopic (exact) mass is 313 g/mol. The van der Waals surface area contributed by atoms with E-state index in [0.29, 0.717) is 23.7 Å². The lowest BCUT2D eigenvalue weighted by atomic mass is 10.00. The number of aliphatic hydroxyl groups is 1. The molecule has 2 aliphatic rings. The van der Waals surface area contributed by atoms with E-state index in [1.54, 1.807) is 13.3 Å². The Hall–Kier alpha value is -0.880. The summed E-state index contributed by atoms with van der Waals surface area (Å²) in [5, 5.41) is 9.91. The van der Waals surface area contributed by atoms with Gasteiger partial charge in [-0.3, -0.25) is 0 Å². The molecule has 5 nitrogen and oxygen atoms in total. The van der Waals surface area contributed by atoms with Crippen LogP contribution in [0, 0.1) is 11.8 Å². The van der Waals surface area contributed by atoms with Crippen LogP contribution in [0.4, 0.5) is 5.95 Å². The molecule has 3 atom stereocenters. The molecule has 3 unspecified atom stereocenters. The number of methoxy groups -OCH3 is 1. The molecule has 1 N–H and O–H groups in total. The normalized spacial score (nSPS) is 30.6. The summed E-state index contributed by atoms with van der Waals surface area (Å²) in [6, 6.07) is 0. The average molecular weight is 314 g/mol. The van der Waals surface area contributed by atoms with Crippen LogP contribution in [0.25, 0.3) is 0 Å². The van der Waals surface area contributed by atoms with E-state index < -0.39 is 0 Å². The van der Waals surface area contributed by atoms with Crippen molar-refractivity contribution in [2.75, 3.05) is 25.1 Å². The molecule has 2 fully saturated rings. The van der Waals surface area contributed by atoms with Crippen molar-refractivity contribution in [1.82, 2.24) is 9.97 Å². The smallest absolute Gasteiger partial charge is 0.232 e. The maximum absolute atomic E-state index is 9.91. The van der Waals surface area contributed by atoms with Gasteiger partial charge in [0.25, 0.3) is 0 Å². The van der Waals surface area contributed by atoms with E-state index in [0.717, 1.165) is 30.4 Å². The average Bonchev–Trinajstić information content (AvgIpc) is 2.93. The summed E-state index contributed by atoms with van der Waals surface area (Å²) in [6.45, 7) is 1.78. The van der Waals surface area contributed by atoms with Gasteiger partial charge in [0.1, 0.15) is 0 Å². The van der Waals surface area contributed by atoms with E-state index in [1.165, 1.54) is 0 Å². The first-order valence-corrected chi connectivity index (χ1v) is 6.98. The molecule has 1 aromatic rings. The number of aromatic nitrogens is 2. The largest absolute Gasteiger partial charge is 0.480 e. The van der Waals surface area contributed by atoms with Crippen LogP contribution in [0.5, 0.6) is 5.88 Å². The van der Waals surface area contributed by atoms with Gasteiger partial charge >= 0.3 is 0 Å². The van der Waals surface area contributed by atoms with Crippen LogP contribution in [0.2, 0.25) is 0 Å².